The highest BCUT2D eigenvalue weighted by Crippen LogP contribution is 2.34. The summed E-state index contributed by atoms with van der Waals surface area (Å²) in [5, 5.41) is 4.21. The highest BCUT2D eigenvalue weighted by atomic mass is 19.4. The molecule has 2 aliphatic rings. The van der Waals surface area contributed by atoms with Gasteiger partial charge in [0.1, 0.15) is 17.1 Å². The third kappa shape index (κ3) is 5.81. The van der Waals surface area contributed by atoms with Crippen molar-refractivity contribution in [3.63, 3.8) is 0 Å². The van der Waals surface area contributed by atoms with Crippen molar-refractivity contribution in [1.29, 1.82) is 0 Å². The molecule has 0 spiro atoms. The van der Waals surface area contributed by atoms with Gasteiger partial charge < -0.3 is 15.5 Å². The Morgan fingerprint density at radius 2 is 1.80 bits per heavy atom. The number of aromatic nitrogens is 3. The van der Waals surface area contributed by atoms with E-state index in [0.29, 0.717) is 12.3 Å². The van der Waals surface area contributed by atoms with Crippen LogP contribution in [0.1, 0.15) is 61.5 Å². The van der Waals surface area contributed by atoms with Crippen molar-refractivity contribution in [3.8, 4) is 11.3 Å². The minimum Gasteiger partial charge on any atom is -0.335 e. The van der Waals surface area contributed by atoms with Crippen LogP contribution in [-0.4, -0.2) is 67.9 Å². The Kier molecular flexibility index (Phi) is 7.80. The fourth-order valence-electron chi connectivity index (χ4n) is 5.78. The van der Waals surface area contributed by atoms with E-state index in [-0.39, 0.29) is 48.5 Å². The Labute approximate surface area is 229 Å². The summed E-state index contributed by atoms with van der Waals surface area (Å²) in [6.45, 7) is 2.51. The lowest BCUT2D eigenvalue weighted by atomic mass is 9.84. The number of carbonyl (C=O) groups excluding carboxylic acids is 2. The third-order valence-electron chi connectivity index (χ3n) is 7.92. The molecule has 0 bridgehead atoms. The smallest absolute Gasteiger partial charge is 0.335 e. The van der Waals surface area contributed by atoms with E-state index in [2.05, 4.69) is 10.1 Å². The van der Waals surface area contributed by atoms with Gasteiger partial charge in [0, 0.05) is 31.2 Å². The largest absolute Gasteiger partial charge is 0.420 e. The first kappa shape index (κ1) is 28.0. The van der Waals surface area contributed by atoms with Crippen molar-refractivity contribution in [2.75, 3.05) is 19.6 Å². The predicted octanol–water partition coefficient (Wildman–Crippen LogP) is 4.52. The Morgan fingerprint density at radius 1 is 1.10 bits per heavy atom. The molecule has 1 saturated heterocycles. The zero-order valence-corrected chi connectivity index (χ0v) is 22.2. The lowest BCUT2D eigenvalue weighted by molar-refractivity contribution is -0.137. The zero-order valence-electron chi connectivity index (χ0n) is 22.2. The summed E-state index contributed by atoms with van der Waals surface area (Å²) in [5.74, 6) is -0.754. The molecule has 1 aromatic carbocycles. The molecule has 2 N–H and O–H groups in total. The number of fused-ring (bicyclic) bond motifs is 1. The molecule has 40 heavy (non-hydrogen) atoms. The molecule has 3 heterocycles. The number of imidazole rings is 1. The van der Waals surface area contributed by atoms with E-state index >= 15 is 0 Å². The Morgan fingerprint density at radius 3 is 2.45 bits per heavy atom. The number of nitrogens with two attached hydrogens (primary N) is 1. The molecule has 0 radical (unpaired) electrons. The molecule has 2 aromatic heterocycles. The maximum atomic E-state index is 13.9. The van der Waals surface area contributed by atoms with Crippen LogP contribution in [0.4, 0.5) is 17.6 Å². The Balaban J connectivity index is 1.32. The molecule has 12 heteroatoms. The third-order valence-corrected chi connectivity index (χ3v) is 7.92. The number of hydrogen-bond acceptors (Lipinski definition) is 5. The number of hydrogen-bond donors (Lipinski definition) is 1. The van der Waals surface area contributed by atoms with Crippen LogP contribution in [0.25, 0.3) is 16.9 Å². The molecule has 1 aliphatic carbocycles. The highest BCUT2D eigenvalue weighted by Gasteiger charge is 2.37. The van der Waals surface area contributed by atoms with Gasteiger partial charge in [-0.2, -0.15) is 18.3 Å². The topological polar surface area (TPSA) is 96.8 Å². The van der Waals surface area contributed by atoms with Gasteiger partial charge in [-0.25, -0.2) is 13.9 Å². The van der Waals surface area contributed by atoms with E-state index in [4.69, 9.17) is 5.73 Å². The summed E-state index contributed by atoms with van der Waals surface area (Å²) in [7, 11) is 0. The number of benzene rings is 1. The molecule has 3 aromatic rings. The van der Waals surface area contributed by atoms with Crippen molar-refractivity contribution < 1.29 is 27.2 Å². The molecule has 1 aliphatic heterocycles. The van der Waals surface area contributed by atoms with E-state index < -0.39 is 35.2 Å². The predicted molar refractivity (Wildman–Crippen MR) is 140 cm³/mol. The van der Waals surface area contributed by atoms with Gasteiger partial charge in [0.05, 0.1) is 17.9 Å². The average molecular weight is 561 g/mol. The van der Waals surface area contributed by atoms with Gasteiger partial charge in [0.2, 0.25) is 5.91 Å². The quantitative estimate of drug-likeness (QED) is 0.463. The first-order valence-electron chi connectivity index (χ1n) is 13.6. The van der Waals surface area contributed by atoms with Gasteiger partial charge in [0.25, 0.3) is 5.91 Å². The van der Waals surface area contributed by atoms with Crippen LogP contribution < -0.4 is 5.73 Å². The lowest BCUT2D eigenvalue weighted by Crippen LogP contribution is -2.58. The van der Waals surface area contributed by atoms with Crippen LogP contribution >= 0.6 is 0 Å². The number of piperazine rings is 1. The summed E-state index contributed by atoms with van der Waals surface area (Å²) in [4.78, 5) is 33.6. The second-order valence-corrected chi connectivity index (χ2v) is 10.8. The lowest BCUT2D eigenvalue weighted by Gasteiger charge is -2.41. The van der Waals surface area contributed by atoms with Crippen LogP contribution in [0.5, 0.6) is 0 Å². The van der Waals surface area contributed by atoms with E-state index in [1.54, 1.807) is 4.90 Å². The molecule has 2 amide bonds. The van der Waals surface area contributed by atoms with E-state index in [0.717, 1.165) is 35.6 Å². The van der Waals surface area contributed by atoms with Crippen molar-refractivity contribution in [1.82, 2.24) is 24.4 Å². The number of nitrogens with zero attached hydrogens (tertiary/aromatic N) is 5. The van der Waals surface area contributed by atoms with Gasteiger partial charge in [-0.05, 0) is 49.6 Å². The average Bonchev–Trinajstić information content (AvgIpc) is 3.36. The second-order valence-electron chi connectivity index (χ2n) is 10.8. The monoisotopic (exact) mass is 560 g/mol. The highest BCUT2D eigenvalue weighted by molar-refractivity contribution is 5.93. The maximum Gasteiger partial charge on any atom is 0.420 e. The van der Waals surface area contributed by atoms with E-state index in [1.165, 1.54) is 42.5 Å². The van der Waals surface area contributed by atoms with Gasteiger partial charge in [-0.3, -0.25) is 9.59 Å². The molecule has 2 atom stereocenters. The number of halogens is 4. The normalized spacial score (nSPS) is 19.7. The Hall–Kier alpha value is -3.54. The van der Waals surface area contributed by atoms with Crippen LogP contribution in [-0.2, 0) is 11.0 Å². The molecule has 5 rings (SSSR count). The molecule has 214 valence electrons. The number of amides is 2. The summed E-state index contributed by atoms with van der Waals surface area (Å²) in [6.07, 6.45) is 2.80. The van der Waals surface area contributed by atoms with Crippen LogP contribution in [0.2, 0.25) is 0 Å². The van der Waals surface area contributed by atoms with Crippen molar-refractivity contribution in [2.45, 2.75) is 63.7 Å². The minimum absolute atomic E-state index is 0.0402. The number of carbonyl (C=O) groups is 2. The maximum absolute atomic E-state index is 13.9. The summed E-state index contributed by atoms with van der Waals surface area (Å²) >= 11 is 0. The summed E-state index contributed by atoms with van der Waals surface area (Å²) in [6, 6.07) is 4.86. The van der Waals surface area contributed by atoms with Crippen molar-refractivity contribution in [3.05, 3.63) is 53.6 Å². The minimum atomic E-state index is -4.76. The SMILES string of the molecule is CC1CN(C(=O)c2cn3nc(-c4ccc(F)cc4)cc(C(F)(F)F)c3n2)CCN1C(=O)C(N)CC1CCCCC1. The standard InChI is InChI=1S/C28H32F4N6O2/c1-17-15-36(11-12-37(17)26(39)22(33)13-18-5-3-2-4-6-18)27(40)24-16-38-25(34-24)21(28(30,31)32)14-23(35-38)19-7-9-20(29)10-8-19/h7-10,14,16-18,22H,2-6,11-13,15,33H2,1H3. The molecule has 2 fully saturated rings. The van der Waals surface area contributed by atoms with Gasteiger partial charge in [-0.15, -0.1) is 0 Å². The van der Waals surface area contributed by atoms with Crippen molar-refractivity contribution in [2.24, 2.45) is 11.7 Å². The molecule has 1 saturated carbocycles. The van der Waals surface area contributed by atoms with Crippen LogP contribution in [0.3, 0.4) is 0 Å². The van der Waals surface area contributed by atoms with Gasteiger partial charge in [-0.1, -0.05) is 32.1 Å². The van der Waals surface area contributed by atoms with E-state index in [1.807, 2.05) is 6.92 Å². The summed E-state index contributed by atoms with van der Waals surface area (Å²) in [5.41, 5.74) is 4.78. The second kappa shape index (κ2) is 11.1. The van der Waals surface area contributed by atoms with Crippen LogP contribution in [0, 0.1) is 11.7 Å². The van der Waals surface area contributed by atoms with E-state index in [9.17, 15) is 27.2 Å². The summed E-state index contributed by atoms with van der Waals surface area (Å²) < 4.78 is 56.1. The van der Waals surface area contributed by atoms with Gasteiger partial charge >= 0.3 is 6.18 Å². The van der Waals surface area contributed by atoms with Crippen LogP contribution in [0.15, 0.2) is 36.5 Å². The number of alkyl halides is 3. The molecule has 8 nitrogen and oxygen atoms in total. The number of rotatable bonds is 5. The Bertz CT molecular complexity index is 1380. The first-order chi connectivity index (χ1) is 19.0. The van der Waals surface area contributed by atoms with Crippen molar-refractivity contribution >= 4 is 17.5 Å². The molecular weight excluding hydrogens is 528 g/mol. The zero-order chi connectivity index (χ0) is 28.6. The fourth-order valence-corrected chi connectivity index (χ4v) is 5.78. The molecular formula is C28H32F4N6O2. The first-order valence-corrected chi connectivity index (χ1v) is 13.6. The van der Waals surface area contributed by atoms with Gasteiger partial charge in [0.15, 0.2) is 5.65 Å². The molecule has 2 unspecified atom stereocenters. The fraction of sp³-hybridized carbons (Fsp3) is 0.500.